The minimum Gasteiger partial charge on any atom is -0.375 e. The molecule has 3 atom stereocenters. The van der Waals surface area contributed by atoms with Gasteiger partial charge in [-0.25, -0.2) is 0 Å². The number of rotatable bonds is 4. The van der Waals surface area contributed by atoms with Crippen LogP contribution in [0.2, 0.25) is 0 Å². The molecule has 5 nitrogen and oxygen atoms in total. The number of para-hydroxylation sites is 1. The van der Waals surface area contributed by atoms with Crippen LogP contribution in [0.1, 0.15) is 13.3 Å². The summed E-state index contributed by atoms with van der Waals surface area (Å²) in [5, 5.41) is 6.32. The Hall–Kier alpha value is -1.59. The van der Waals surface area contributed by atoms with Crippen molar-refractivity contribution in [2.75, 3.05) is 37.7 Å². The van der Waals surface area contributed by atoms with Crippen molar-refractivity contribution in [2.45, 2.75) is 25.5 Å². The number of carbonyl (C=O) groups is 1. The summed E-state index contributed by atoms with van der Waals surface area (Å²) < 4.78 is 5.53. The fraction of sp³-hybridized carbons (Fsp3) is 0.588. The van der Waals surface area contributed by atoms with Crippen LogP contribution in [-0.4, -0.2) is 50.8 Å². The lowest BCUT2D eigenvalue weighted by molar-refractivity contribution is -0.129. The van der Waals surface area contributed by atoms with Crippen LogP contribution in [0.4, 0.5) is 5.69 Å². The van der Waals surface area contributed by atoms with E-state index >= 15 is 0 Å². The molecule has 22 heavy (non-hydrogen) atoms. The maximum absolute atomic E-state index is 12.2. The second kappa shape index (κ2) is 7.11. The van der Waals surface area contributed by atoms with Crippen molar-refractivity contribution in [3.63, 3.8) is 0 Å². The zero-order chi connectivity index (χ0) is 15.4. The van der Waals surface area contributed by atoms with E-state index in [4.69, 9.17) is 4.74 Å². The highest BCUT2D eigenvalue weighted by Gasteiger charge is 2.29. The van der Waals surface area contributed by atoms with Gasteiger partial charge in [0.15, 0.2) is 0 Å². The molecule has 1 amide bonds. The lowest BCUT2D eigenvalue weighted by atomic mass is 10.1. The summed E-state index contributed by atoms with van der Waals surface area (Å²) in [5.74, 6) is 0.578. The number of nitrogens with zero attached hydrogens (tertiary/aromatic N) is 1. The lowest BCUT2D eigenvalue weighted by Gasteiger charge is -2.29. The van der Waals surface area contributed by atoms with E-state index in [1.54, 1.807) is 0 Å². The Labute approximate surface area is 132 Å². The molecule has 0 spiro atoms. The smallest absolute Gasteiger partial charge is 0.239 e. The Bertz CT molecular complexity index is 494. The minimum absolute atomic E-state index is 0.0573. The molecular formula is C17H25N3O2. The largest absolute Gasteiger partial charge is 0.375 e. The molecule has 0 saturated carbocycles. The molecule has 2 aliphatic rings. The summed E-state index contributed by atoms with van der Waals surface area (Å²) in [5.41, 5.74) is 1.27. The van der Waals surface area contributed by atoms with Gasteiger partial charge in [-0.3, -0.25) is 4.79 Å². The molecule has 1 unspecified atom stereocenters. The Kier molecular flexibility index (Phi) is 4.95. The zero-order valence-corrected chi connectivity index (χ0v) is 13.1. The fourth-order valence-electron chi connectivity index (χ4n) is 3.25. The van der Waals surface area contributed by atoms with Gasteiger partial charge in [0.2, 0.25) is 5.91 Å². The SMILES string of the molecule is C[C@H]1OCCN[C@@H]1C(=O)NCC1CCN(c2ccccc2)C1. The van der Waals surface area contributed by atoms with Crippen molar-refractivity contribution in [3.8, 4) is 0 Å². The van der Waals surface area contributed by atoms with E-state index in [0.29, 0.717) is 12.5 Å². The first-order chi connectivity index (χ1) is 10.7. The fourth-order valence-corrected chi connectivity index (χ4v) is 3.25. The van der Waals surface area contributed by atoms with E-state index in [9.17, 15) is 4.79 Å². The third kappa shape index (κ3) is 3.59. The number of amides is 1. The predicted molar refractivity (Wildman–Crippen MR) is 87.0 cm³/mol. The van der Waals surface area contributed by atoms with E-state index in [2.05, 4.69) is 39.8 Å². The van der Waals surface area contributed by atoms with E-state index < -0.39 is 0 Å². The van der Waals surface area contributed by atoms with Gasteiger partial charge in [0.25, 0.3) is 0 Å². The molecule has 1 aromatic carbocycles. The number of hydrogen-bond donors (Lipinski definition) is 2. The molecule has 2 saturated heterocycles. The first-order valence-electron chi connectivity index (χ1n) is 8.17. The molecule has 0 aromatic heterocycles. The molecule has 3 rings (SSSR count). The van der Waals surface area contributed by atoms with Gasteiger partial charge in [-0.2, -0.15) is 0 Å². The molecule has 0 bridgehead atoms. The summed E-state index contributed by atoms with van der Waals surface area (Å²) >= 11 is 0. The van der Waals surface area contributed by atoms with Crippen molar-refractivity contribution in [1.82, 2.24) is 10.6 Å². The summed E-state index contributed by atoms with van der Waals surface area (Å²) in [7, 11) is 0. The van der Waals surface area contributed by atoms with Crippen LogP contribution in [0.25, 0.3) is 0 Å². The van der Waals surface area contributed by atoms with Crippen LogP contribution < -0.4 is 15.5 Å². The molecule has 120 valence electrons. The number of hydrogen-bond acceptors (Lipinski definition) is 4. The average molecular weight is 303 g/mol. The standard InChI is InChI=1S/C17H25N3O2/c1-13-16(18-8-10-22-13)17(21)19-11-14-7-9-20(12-14)15-5-3-2-4-6-15/h2-6,13-14,16,18H,7-12H2,1H3,(H,19,21)/t13-,14?,16+/m1/s1. The van der Waals surface area contributed by atoms with E-state index in [-0.39, 0.29) is 18.1 Å². The molecule has 0 radical (unpaired) electrons. The molecular weight excluding hydrogens is 278 g/mol. The molecule has 2 heterocycles. The van der Waals surface area contributed by atoms with Crippen molar-refractivity contribution in [2.24, 2.45) is 5.92 Å². The summed E-state index contributed by atoms with van der Waals surface area (Å²) in [6.07, 6.45) is 1.07. The number of benzene rings is 1. The first kappa shape index (κ1) is 15.3. The minimum atomic E-state index is -0.222. The van der Waals surface area contributed by atoms with E-state index in [0.717, 1.165) is 32.6 Å². The predicted octanol–water partition coefficient (Wildman–Crippen LogP) is 1.01. The molecule has 0 aliphatic carbocycles. The number of ether oxygens (including phenoxy) is 1. The highest BCUT2D eigenvalue weighted by atomic mass is 16.5. The molecule has 5 heteroatoms. The second-order valence-corrected chi connectivity index (χ2v) is 6.19. The summed E-state index contributed by atoms with van der Waals surface area (Å²) in [6, 6.07) is 10.2. The Morgan fingerprint density at radius 1 is 1.41 bits per heavy atom. The van der Waals surface area contributed by atoms with Gasteiger partial charge >= 0.3 is 0 Å². The third-order valence-corrected chi connectivity index (χ3v) is 4.57. The number of morpholine rings is 1. The molecule has 2 N–H and O–H groups in total. The number of carbonyl (C=O) groups excluding carboxylic acids is 1. The van der Waals surface area contributed by atoms with Gasteiger partial charge < -0.3 is 20.3 Å². The summed E-state index contributed by atoms with van der Waals surface area (Å²) in [4.78, 5) is 14.6. The van der Waals surface area contributed by atoms with Gasteiger partial charge in [0.1, 0.15) is 6.04 Å². The van der Waals surface area contributed by atoms with Crippen LogP contribution in [0.5, 0.6) is 0 Å². The van der Waals surface area contributed by atoms with Gasteiger partial charge in [-0.15, -0.1) is 0 Å². The Morgan fingerprint density at radius 3 is 3.00 bits per heavy atom. The normalized spacial score (nSPS) is 28.6. The van der Waals surface area contributed by atoms with Crippen molar-refractivity contribution >= 4 is 11.6 Å². The van der Waals surface area contributed by atoms with Gasteiger partial charge in [0, 0.05) is 31.9 Å². The number of nitrogens with one attached hydrogen (secondary N) is 2. The van der Waals surface area contributed by atoms with Gasteiger partial charge in [0.05, 0.1) is 12.7 Å². The van der Waals surface area contributed by atoms with Crippen LogP contribution in [0, 0.1) is 5.92 Å². The second-order valence-electron chi connectivity index (χ2n) is 6.19. The van der Waals surface area contributed by atoms with E-state index in [1.165, 1.54) is 5.69 Å². The monoisotopic (exact) mass is 303 g/mol. The van der Waals surface area contributed by atoms with Crippen molar-refractivity contribution in [3.05, 3.63) is 30.3 Å². The Morgan fingerprint density at radius 2 is 2.23 bits per heavy atom. The molecule has 1 aromatic rings. The van der Waals surface area contributed by atoms with Gasteiger partial charge in [-0.1, -0.05) is 18.2 Å². The first-order valence-corrected chi connectivity index (χ1v) is 8.17. The third-order valence-electron chi connectivity index (χ3n) is 4.57. The van der Waals surface area contributed by atoms with Gasteiger partial charge in [-0.05, 0) is 31.4 Å². The quantitative estimate of drug-likeness (QED) is 0.871. The molecule has 2 fully saturated rings. The topological polar surface area (TPSA) is 53.6 Å². The van der Waals surface area contributed by atoms with Crippen molar-refractivity contribution in [1.29, 1.82) is 0 Å². The van der Waals surface area contributed by atoms with E-state index in [1.807, 2.05) is 13.0 Å². The molecule has 2 aliphatic heterocycles. The average Bonchev–Trinajstić information content (AvgIpc) is 3.03. The van der Waals surface area contributed by atoms with Crippen LogP contribution in [0.15, 0.2) is 30.3 Å². The highest BCUT2D eigenvalue weighted by Crippen LogP contribution is 2.23. The zero-order valence-electron chi connectivity index (χ0n) is 13.1. The maximum Gasteiger partial charge on any atom is 0.239 e. The number of anilines is 1. The van der Waals surface area contributed by atoms with Crippen LogP contribution in [0.3, 0.4) is 0 Å². The summed E-state index contributed by atoms with van der Waals surface area (Å²) in [6.45, 7) is 6.18. The highest BCUT2D eigenvalue weighted by molar-refractivity contribution is 5.82. The van der Waals surface area contributed by atoms with Crippen LogP contribution >= 0.6 is 0 Å². The van der Waals surface area contributed by atoms with Crippen LogP contribution in [-0.2, 0) is 9.53 Å². The lowest BCUT2D eigenvalue weighted by Crippen LogP contribution is -2.56. The Balaban J connectivity index is 1.45. The van der Waals surface area contributed by atoms with Crippen molar-refractivity contribution < 1.29 is 9.53 Å². The maximum atomic E-state index is 12.2.